The molecule has 2 aromatic rings. The fourth-order valence-electron chi connectivity index (χ4n) is 1.71. The van der Waals surface area contributed by atoms with Crippen LogP contribution in [0.2, 0.25) is 0 Å². The molecule has 0 radical (unpaired) electrons. The summed E-state index contributed by atoms with van der Waals surface area (Å²) in [4.78, 5) is 2.36. The zero-order valence-corrected chi connectivity index (χ0v) is 10.9. The van der Waals surface area contributed by atoms with Crippen LogP contribution in [0.25, 0.3) is 0 Å². The Labute approximate surface area is 107 Å². The van der Waals surface area contributed by atoms with Crippen molar-refractivity contribution in [1.29, 1.82) is 0 Å². The number of aryl methyl sites for hydroxylation is 1. The van der Waals surface area contributed by atoms with E-state index in [4.69, 9.17) is 0 Å². The second-order valence-electron chi connectivity index (χ2n) is 4.08. The molecule has 0 spiro atoms. The highest BCUT2D eigenvalue weighted by Crippen LogP contribution is 2.34. The van der Waals surface area contributed by atoms with Gasteiger partial charge >= 0.3 is 0 Å². The molecule has 2 aromatic carbocycles. The van der Waals surface area contributed by atoms with E-state index in [1.54, 1.807) is 18.7 Å². The van der Waals surface area contributed by atoms with Crippen molar-refractivity contribution in [2.45, 2.75) is 29.7 Å². The third-order valence-corrected chi connectivity index (χ3v) is 3.95. The van der Waals surface area contributed by atoms with Crippen LogP contribution in [0.5, 0.6) is 0 Å². The molecule has 0 aliphatic rings. The Morgan fingerprint density at radius 3 is 2.18 bits per heavy atom. The van der Waals surface area contributed by atoms with Crippen molar-refractivity contribution < 1.29 is 5.11 Å². The monoisotopic (exact) mass is 244 g/mol. The van der Waals surface area contributed by atoms with E-state index in [1.165, 1.54) is 10.5 Å². The summed E-state index contributed by atoms with van der Waals surface area (Å²) in [5.41, 5.74) is 2.25. The Kier molecular flexibility index (Phi) is 3.87. The maximum absolute atomic E-state index is 9.74. The second-order valence-corrected chi connectivity index (χ2v) is 5.17. The van der Waals surface area contributed by atoms with Crippen molar-refractivity contribution in [3.8, 4) is 0 Å². The fraction of sp³-hybridized carbons (Fsp3) is 0.200. The van der Waals surface area contributed by atoms with Crippen LogP contribution in [-0.2, 0) is 0 Å². The van der Waals surface area contributed by atoms with Gasteiger partial charge < -0.3 is 5.11 Å². The minimum atomic E-state index is -0.428. The zero-order valence-electron chi connectivity index (χ0n) is 10.1. The first-order valence-electron chi connectivity index (χ1n) is 5.69. The van der Waals surface area contributed by atoms with Crippen LogP contribution >= 0.6 is 11.8 Å². The lowest BCUT2D eigenvalue weighted by Crippen LogP contribution is -1.93. The van der Waals surface area contributed by atoms with E-state index in [0.717, 1.165) is 10.5 Å². The quantitative estimate of drug-likeness (QED) is 0.873. The van der Waals surface area contributed by atoms with Gasteiger partial charge in [-0.3, -0.25) is 0 Å². The maximum atomic E-state index is 9.74. The van der Waals surface area contributed by atoms with E-state index in [-0.39, 0.29) is 0 Å². The number of rotatable bonds is 3. The summed E-state index contributed by atoms with van der Waals surface area (Å²) in [6.45, 7) is 3.91. The standard InChI is InChI=1S/C15H16OS/c1-11-7-3-5-9-14(11)17-15-10-6-4-8-13(15)12(2)16/h3-10,12,16H,1-2H3/t12-/m0/s1. The molecule has 0 fully saturated rings. The summed E-state index contributed by atoms with van der Waals surface area (Å²) in [7, 11) is 0. The topological polar surface area (TPSA) is 20.2 Å². The number of hydrogen-bond acceptors (Lipinski definition) is 2. The minimum Gasteiger partial charge on any atom is -0.389 e. The lowest BCUT2D eigenvalue weighted by Gasteiger charge is -2.12. The highest BCUT2D eigenvalue weighted by atomic mass is 32.2. The summed E-state index contributed by atoms with van der Waals surface area (Å²) < 4.78 is 0. The van der Waals surface area contributed by atoms with Crippen LogP contribution in [0.4, 0.5) is 0 Å². The third kappa shape index (κ3) is 2.90. The first kappa shape index (κ1) is 12.2. The van der Waals surface area contributed by atoms with Gasteiger partial charge in [0.2, 0.25) is 0 Å². The van der Waals surface area contributed by atoms with Crippen molar-refractivity contribution in [3.05, 3.63) is 59.7 Å². The summed E-state index contributed by atoms with van der Waals surface area (Å²) in [5, 5.41) is 9.74. The van der Waals surface area contributed by atoms with E-state index in [0.29, 0.717) is 0 Å². The molecular formula is C15H16OS. The largest absolute Gasteiger partial charge is 0.389 e. The number of aliphatic hydroxyl groups is 1. The Hall–Kier alpha value is -1.25. The molecule has 1 N–H and O–H groups in total. The van der Waals surface area contributed by atoms with Gasteiger partial charge in [-0.05, 0) is 37.1 Å². The molecule has 1 atom stereocenters. The number of aliphatic hydroxyl groups excluding tert-OH is 1. The molecule has 88 valence electrons. The molecule has 0 saturated carbocycles. The summed E-state index contributed by atoms with van der Waals surface area (Å²) in [6, 6.07) is 16.3. The molecule has 0 heterocycles. The lowest BCUT2D eigenvalue weighted by atomic mass is 10.1. The van der Waals surface area contributed by atoms with Crippen molar-refractivity contribution in [3.63, 3.8) is 0 Å². The van der Waals surface area contributed by atoms with E-state index in [2.05, 4.69) is 25.1 Å². The van der Waals surface area contributed by atoms with Crippen molar-refractivity contribution in [2.75, 3.05) is 0 Å². The molecule has 0 aliphatic carbocycles. The van der Waals surface area contributed by atoms with E-state index < -0.39 is 6.10 Å². The molecule has 0 amide bonds. The van der Waals surface area contributed by atoms with Gasteiger partial charge in [0.25, 0.3) is 0 Å². The molecule has 0 aliphatic heterocycles. The SMILES string of the molecule is Cc1ccccc1Sc1ccccc1[C@H](C)O. The Morgan fingerprint density at radius 1 is 0.941 bits per heavy atom. The lowest BCUT2D eigenvalue weighted by molar-refractivity contribution is 0.196. The molecule has 1 nitrogen and oxygen atoms in total. The van der Waals surface area contributed by atoms with E-state index in [1.807, 2.05) is 30.3 Å². The van der Waals surface area contributed by atoms with Crippen LogP contribution in [0, 0.1) is 6.92 Å². The molecule has 0 bridgehead atoms. The van der Waals surface area contributed by atoms with E-state index in [9.17, 15) is 5.11 Å². The fourth-order valence-corrected chi connectivity index (χ4v) is 2.82. The number of hydrogen-bond donors (Lipinski definition) is 1. The predicted molar refractivity (Wildman–Crippen MR) is 72.4 cm³/mol. The van der Waals surface area contributed by atoms with Crippen LogP contribution in [0.1, 0.15) is 24.2 Å². The Morgan fingerprint density at radius 2 is 1.53 bits per heavy atom. The summed E-state index contributed by atoms with van der Waals surface area (Å²) >= 11 is 1.71. The zero-order chi connectivity index (χ0) is 12.3. The van der Waals surface area contributed by atoms with Gasteiger partial charge in [-0.15, -0.1) is 0 Å². The molecular weight excluding hydrogens is 228 g/mol. The minimum absolute atomic E-state index is 0.428. The Balaban J connectivity index is 2.34. The van der Waals surface area contributed by atoms with Gasteiger partial charge in [0.05, 0.1) is 6.10 Å². The molecule has 17 heavy (non-hydrogen) atoms. The van der Waals surface area contributed by atoms with Crippen LogP contribution < -0.4 is 0 Å². The predicted octanol–water partition coefficient (Wildman–Crippen LogP) is 4.20. The molecule has 0 unspecified atom stereocenters. The average molecular weight is 244 g/mol. The van der Waals surface area contributed by atoms with Crippen molar-refractivity contribution >= 4 is 11.8 Å². The van der Waals surface area contributed by atoms with Crippen molar-refractivity contribution in [1.82, 2.24) is 0 Å². The summed E-state index contributed by atoms with van der Waals surface area (Å²) in [5.74, 6) is 0. The molecule has 2 heteroatoms. The first-order chi connectivity index (χ1) is 8.18. The van der Waals surface area contributed by atoms with Crippen LogP contribution in [-0.4, -0.2) is 5.11 Å². The summed E-state index contributed by atoms with van der Waals surface area (Å²) in [6.07, 6.45) is -0.428. The average Bonchev–Trinajstić information content (AvgIpc) is 2.32. The molecule has 0 saturated heterocycles. The second kappa shape index (κ2) is 5.39. The smallest absolute Gasteiger partial charge is 0.0772 e. The van der Waals surface area contributed by atoms with Gasteiger partial charge in [-0.2, -0.15) is 0 Å². The van der Waals surface area contributed by atoms with Gasteiger partial charge in [0.15, 0.2) is 0 Å². The van der Waals surface area contributed by atoms with Gasteiger partial charge in [0, 0.05) is 9.79 Å². The van der Waals surface area contributed by atoms with Gasteiger partial charge in [-0.25, -0.2) is 0 Å². The third-order valence-electron chi connectivity index (χ3n) is 2.68. The van der Waals surface area contributed by atoms with Crippen LogP contribution in [0.15, 0.2) is 58.3 Å². The highest BCUT2D eigenvalue weighted by molar-refractivity contribution is 7.99. The van der Waals surface area contributed by atoms with Crippen LogP contribution in [0.3, 0.4) is 0 Å². The van der Waals surface area contributed by atoms with Crippen molar-refractivity contribution in [2.24, 2.45) is 0 Å². The Bertz CT molecular complexity index is 506. The van der Waals surface area contributed by atoms with Gasteiger partial charge in [0.1, 0.15) is 0 Å². The molecule has 0 aromatic heterocycles. The number of benzene rings is 2. The van der Waals surface area contributed by atoms with E-state index >= 15 is 0 Å². The maximum Gasteiger partial charge on any atom is 0.0772 e. The van der Waals surface area contributed by atoms with Gasteiger partial charge in [-0.1, -0.05) is 48.2 Å². The normalized spacial score (nSPS) is 12.4. The first-order valence-corrected chi connectivity index (χ1v) is 6.50. The highest BCUT2D eigenvalue weighted by Gasteiger charge is 2.09. The molecule has 2 rings (SSSR count).